The van der Waals surface area contributed by atoms with E-state index in [2.05, 4.69) is 27.4 Å². The van der Waals surface area contributed by atoms with Crippen molar-refractivity contribution >= 4 is 46.4 Å². The summed E-state index contributed by atoms with van der Waals surface area (Å²) in [5.41, 5.74) is 2.51. The fourth-order valence-corrected chi connectivity index (χ4v) is 3.99. The Hall–Kier alpha value is -2.12. The van der Waals surface area contributed by atoms with Crippen molar-refractivity contribution in [2.75, 3.05) is 43.4 Å². The zero-order valence-corrected chi connectivity index (χ0v) is 19.3. The lowest BCUT2D eigenvalue weighted by Crippen LogP contribution is -2.53. The van der Waals surface area contributed by atoms with Crippen LogP contribution in [0.4, 0.5) is 11.4 Å². The maximum Gasteiger partial charge on any atom is 0.241 e. The van der Waals surface area contributed by atoms with Crippen molar-refractivity contribution in [2.45, 2.75) is 26.3 Å². The van der Waals surface area contributed by atoms with Gasteiger partial charge in [0.25, 0.3) is 0 Å². The van der Waals surface area contributed by atoms with E-state index in [4.69, 9.17) is 23.2 Å². The van der Waals surface area contributed by atoms with Gasteiger partial charge in [0.15, 0.2) is 0 Å². The quantitative estimate of drug-likeness (QED) is 0.648. The maximum absolute atomic E-state index is 12.7. The van der Waals surface area contributed by atoms with E-state index in [1.54, 1.807) is 18.2 Å². The Labute approximate surface area is 193 Å². The summed E-state index contributed by atoms with van der Waals surface area (Å²) < 4.78 is 0. The average molecular weight is 463 g/mol. The second-order valence-corrected chi connectivity index (χ2v) is 8.50. The van der Waals surface area contributed by atoms with Crippen LogP contribution in [0, 0.1) is 0 Å². The molecule has 1 heterocycles. The van der Waals surface area contributed by atoms with Gasteiger partial charge in [-0.1, -0.05) is 48.3 Å². The number of nitrogens with one attached hydrogen (secondary N) is 2. The molecule has 2 N–H and O–H groups in total. The molecule has 0 bridgehead atoms. The highest BCUT2D eigenvalue weighted by Crippen LogP contribution is 2.26. The number of hydrogen-bond donors (Lipinski definition) is 2. The van der Waals surface area contributed by atoms with Crippen LogP contribution in [0.3, 0.4) is 0 Å². The van der Waals surface area contributed by atoms with E-state index in [0.29, 0.717) is 35.4 Å². The number of rotatable bonds is 7. The molecular formula is C23H28Cl2N4O2. The molecule has 1 aliphatic rings. The topological polar surface area (TPSA) is 64.7 Å². The highest BCUT2D eigenvalue weighted by atomic mass is 35.5. The number of hydrogen-bond acceptors (Lipinski definition) is 4. The molecule has 1 atom stereocenters. The van der Waals surface area contributed by atoms with Crippen molar-refractivity contribution in [2.24, 2.45) is 0 Å². The summed E-state index contributed by atoms with van der Waals surface area (Å²) in [6.07, 6.45) is 0.871. The molecule has 0 spiro atoms. The highest BCUT2D eigenvalue weighted by molar-refractivity contribution is 6.35. The monoisotopic (exact) mass is 462 g/mol. The molecule has 166 valence electrons. The summed E-state index contributed by atoms with van der Waals surface area (Å²) >= 11 is 12.1. The Balaban J connectivity index is 1.47. The molecule has 0 aliphatic carbocycles. The molecule has 6 nitrogen and oxygen atoms in total. The van der Waals surface area contributed by atoms with Crippen molar-refractivity contribution in [3.63, 3.8) is 0 Å². The van der Waals surface area contributed by atoms with Crippen molar-refractivity contribution < 1.29 is 9.59 Å². The van der Waals surface area contributed by atoms with Gasteiger partial charge in [0.2, 0.25) is 11.8 Å². The first-order valence-electron chi connectivity index (χ1n) is 10.5. The lowest BCUT2D eigenvalue weighted by Gasteiger charge is -2.37. The van der Waals surface area contributed by atoms with Crippen LogP contribution in [0.25, 0.3) is 0 Å². The van der Waals surface area contributed by atoms with Gasteiger partial charge < -0.3 is 10.6 Å². The summed E-state index contributed by atoms with van der Waals surface area (Å²) in [4.78, 5) is 29.4. The fourth-order valence-electron chi connectivity index (χ4n) is 3.65. The van der Waals surface area contributed by atoms with Crippen LogP contribution >= 0.6 is 23.2 Å². The zero-order valence-electron chi connectivity index (χ0n) is 17.8. The van der Waals surface area contributed by atoms with E-state index in [-0.39, 0.29) is 17.9 Å². The Morgan fingerprint density at radius 3 is 2.42 bits per heavy atom. The number of para-hydroxylation sites is 1. The van der Waals surface area contributed by atoms with Crippen LogP contribution in [0.2, 0.25) is 10.0 Å². The first-order chi connectivity index (χ1) is 14.9. The van der Waals surface area contributed by atoms with E-state index in [1.165, 1.54) is 0 Å². The molecule has 8 heteroatoms. The molecule has 1 saturated heterocycles. The molecule has 1 unspecified atom stereocenters. The Bertz CT molecular complexity index is 930. The van der Waals surface area contributed by atoms with Gasteiger partial charge in [0, 0.05) is 36.9 Å². The van der Waals surface area contributed by atoms with E-state index in [9.17, 15) is 9.59 Å². The second kappa shape index (κ2) is 11.0. The number of nitrogens with zero attached hydrogens (tertiary/aromatic N) is 2. The predicted molar refractivity (Wildman–Crippen MR) is 127 cm³/mol. The smallest absolute Gasteiger partial charge is 0.241 e. The zero-order chi connectivity index (χ0) is 22.4. The number of benzene rings is 2. The summed E-state index contributed by atoms with van der Waals surface area (Å²) in [6, 6.07) is 12.5. The first kappa shape index (κ1) is 23.5. The van der Waals surface area contributed by atoms with Crippen molar-refractivity contribution in [1.82, 2.24) is 9.80 Å². The lowest BCUT2D eigenvalue weighted by molar-refractivity contribution is -0.122. The van der Waals surface area contributed by atoms with Gasteiger partial charge in [0.1, 0.15) is 0 Å². The minimum absolute atomic E-state index is 0.0178. The van der Waals surface area contributed by atoms with E-state index in [1.807, 2.05) is 31.2 Å². The molecule has 2 amide bonds. The Morgan fingerprint density at radius 2 is 1.71 bits per heavy atom. The van der Waals surface area contributed by atoms with Crippen LogP contribution in [0.5, 0.6) is 0 Å². The molecule has 0 aromatic heterocycles. The van der Waals surface area contributed by atoms with Crippen LogP contribution in [-0.2, 0) is 16.0 Å². The largest absolute Gasteiger partial charge is 0.325 e. The highest BCUT2D eigenvalue weighted by Gasteiger charge is 2.26. The molecule has 1 fully saturated rings. The number of halogens is 2. The minimum Gasteiger partial charge on any atom is -0.325 e. The third-order valence-electron chi connectivity index (χ3n) is 5.56. The lowest BCUT2D eigenvalue weighted by atomic mass is 10.1. The van der Waals surface area contributed by atoms with Gasteiger partial charge in [-0.3, -0.25) is 19.4 Å². The Morgan fingerprint density at radius 1 is 1.00 bits per heavy atom. The van der Waals surface area contributed by atoms with E-state index < -0.39 is 0 Å². The van der Waals surface area contributed by atoms with E-state index >= 15 is 0 Å². The second-order valence-electron chi connectivity index (χ2n) is 7.66. The maximum atomic E-state index is 12.7. The molecule has 0 radical (unpaired) electrons. The van der Waals surface area contributed by atoms with Crippen LogP contribution in [0.1, 0.15) is 19.4 Å². The molecule has 0 saturated carbocycles. The van der Waals surface area contributed by atoms with Crippen molar-refractivity contribution in [1.29, 1.82) is 0 Å². The fraction of sp³-hybridized carbons (Fsp3) is 0.391. The van der Waals surface area contributed by atoms with Gasteiger partial charge in [0.05, 0.1) is 23.3 Å². The molecule has 2 aromatic rings. The van der Waals surface area contributed by atoms with Gasteiger partial charge >= 0.3 is 0 Å². The SMILES string of the molecule is CCc1ccccc1NC(=O)CN1CCN(C(C)C(=O)Nc2cc(Cl)ccc2Cl)CC1. The average Bonchev–Trinajstić information content (AvgIpc) is 2.76. The van der Waals surface area contributed by atoms with Crippen LogP contribution < -0.4 is 10.6 Å². The number of amides is 2. The predicted octanol–water partition coefficient (Wildman–Crippen LogP) is 4.14. The third kappa shape index (κ3) is 6.43. The van der Waals surface area contributed by atoms with Gasteiger partial charge in [-0.2, -0.15) is 0 Å². The molecule has 3 rings (SSSR count). The normalized spacial score (nSPS) is 16.0. The van der Waals surface area contributed by atoms with E-state index in [0.717, 1.165) is 30.8 Å². The number of piperazine rings is 1. The van der Waals surface area contributed by atoms with Gasteiger partial charge in [-0.25, -0.2) is 0 Å². The molecule has 1 aliphatic heterocycles. The number of anilines is 2. The van der Waals surface area contributed by atoms with Crippen molar-refractivity contribution in [3.05, 3.63) is 58.1 Å². The van der Waals surface area contributed by atoms with Crippen LogP contribution in [-0.4, -0.2) is 60.4 Å². The summed E-state index contributed by atoms with van der Waals surface area (Å²) in [5, 5.41) is 6.84. The molecule has 2 aromatic carbocycles. The Kier molecular flexibility index (Phi) is 8.32. The van der Waals surface area contributed by atoms with Crippen molar-refractivity contribution in [3.8, 4) is 0 Å². The number of carbonyl (C=O) groups excluding carboxylic acids is 2. The number of aryl methyl sites for hydroxylation is 1. The summed E-state index contributed by atoms with van der Waals surface area (Å²) in [5.74, 6) is -0.151. The summed E-state index contributed by atoms with van der Waals surface area (Å²) in [6.45, 7) is 7.13. The molecule has 31 heavy (non-hydrogen) atoms. The van der Waals surface area contributed by atoms with Crippen LogP contribution in [0.15, 0.2) is 42.5 Å². The molecular weight excluding hydrogens is 435 g/mol. The summed E-state index contributed by atoms with van der Waals surface area (Å²) in [7, 11) is 0. The number of carbonyl (C=O) groups is 2. The standard InChI is InChI=1S/C23H28Cl2N4O2/c1-3-17-6-4-5-7-20(17)26-22(30)15-28-10-12-29(13-11-28)16(2)23(31)27-21-14-18(24)8-9-19(21)25/h4-9,14,16H,3,10-13,15H2,1-2H3,(H,26,30)(H,27,31). The van der Waals surface area contributed by atoms with Gasteiger partial charge in [-0.15, -0.1) is 0 Å². The third-order valence-corrected chi connectivity index (χ3v) is 6.12. The van der Waals surface area contributed by atoms with Gasteiger partial charge in [-0.05, 0) is 43.2 Å². The first-order valence-corrected chi connectivity index (χ1v) is 11.2. The minimum atomic E-state index is -0.317.